The Hall–Kier alpha value is -3.00. The second kappa shape index (κ2) is 8.20. The molecule has 25 heavy (non-hydrogen) atoms. The average Bonchev–Trinajstić information content (AvgIpc) is 2.54. The van der Waals surface area contributed by atoms with Crippen LogP contribution in [-0.4, -0.2) is 33.7 Å². The van der Waals surface area contributed by atoms with Gasteiger partial charge in [-0.15, -0.1) is 0 Å². The van der Waals surface area contributed by atoms with Crippen LogP contribution >= 0.6 is 11.8 Å². The number of hydrogen-bond acceptors (Lipinski definition) is 6. The first-order valence-electron chi connectivity index (χ1n) is 7.27. The highest BCUT2D eigenvalue weighted by atomic mass is 32.2. The summed E-state index contributed by atoms with van der Waals surface area (Å²) in [6, 6.07) is 10.0. The van der Waals surface area contributed by atoms with Gasteiger partial charge < -0.3 is 21.3 Å². The number of carbonyl (C=O) groups excluding carboxylic acids is 3. The standard InChI is InChI=1S/C17H16N2O5S/c18-15(22)5-6-19-16(23)13-3-1-2-4-14(13)25-17(24)10-7-11(20)9-12(21)8-10/h1-4,7-9,20-21H,5-6H2,(H2,18,22)(H,19,23). The summed E-state index contributed by atoms with van der Waals surface area (Å²) < 4.78 is 0. The molecule has 130 valence electrons. The Morgan fingerprint density at radius 3 is 2.32 bits per heavy atom. The van der Waals surface area contributed by atoms with Crippen LogP contribution in [0.5, 0.6) is 11.5 Å². The van der Waals surface area contributed by atoms with Crippen LogP contribution in [0.3, 0.4) is 0 Å². The zero-order valence-corrected chi connectivity index (χ0v) is 13.9. The van der Waals surface area contributed by atoms with E-state index in [9.17, 15) is 24.6 Å². The first-order chi connectivity index (χ1) is 11.9. The average molecular weight is 360 g/mol. The van der Waals surface area contributed by atoms with Crippen molar-refractivity contribution in [3.63, 3.8) is 0 Å². The molecule has 0 saturated carbocycles. The molecule has 0 saturated heterocycles. The summed E-state index contributed by atoms with van der Waals surface area (Å²) in [4.78, 5) is 35.7. The van der Waals surface area contributed by atoms with Gasteiger partial charge in [0.15, 0.2) is 0 Å². The maximum absolute atomic E-state index is 12.3. The van der Waals surface area contributed by atoms with E-state index in [1.165, 1.54) is 12.1 Å². The second-order valence-corrected chi connectivity index (χ2v) is 6.11. The van der Waals surface area contributed by atoms with Gasteiger partial charge in [0, 0.05) is 29.5 Å². The molecule has 0 fully saturated rings. The summed E-state index contributed by atoms with van der Waals surface area (Å²) in [5.74, 6) is -1.43. The minimum atomic E-state index is -0.526. The molecule has 5 N–H and O–H groups in total. The summed E-state index contributed by atoms with van der Waals surface area (Å²) in [6.07, 6.45) is 0.0164. The largest absolute Gasteiger partial charge is 0.508 e. The molecule has 2 amide bonds. The van der Waals surface area contributed by atoms with E-state index < -0.39 is 16.9 Å². The molecule has 0 heterocycles. The molecule has 0 aliphatic carbocycles. The van der Waals surface area contributed by atoms with Gasteiger partial charge in [-0.1, -0.05) is 12.1 Å². The van der Waals surface area contributed by atoms with Gasteiger partial charge in [0.25, 0.3) is 5.91 Å². The maximum Gasteiger partial charge on any atom is 0.252 e. The van der Waals surface area contributed by atoms with E-state index in [4.69, 9.17) is 5.73 Å². The van der Waals surface area contributed by atoms with E-state index in [0.717, 1.165) is 17.8 Å². The number of hydrogen-bond donors (Lipinski definition) is 4. The summed E-state index contributed by atoms with van der Waals surface area (Å²) in [5, 5.41) is 21.1. The van der Waals surface area contributed by atoms with Crippen molar-refractivity contribution in [3.05, 3.63) is 53.6 Å². The number of aromatic hydroxyl groups is 2. The van der Waals surface area contributed by atoms with Crippen molar-refractivity contribution in [2.45, 2.75) is 11.3 Å². The first-order valence-corrected chi connectivity index (χ1v) is 8.09. The number of carbonyl (C=O) groups is 3. The number of amides is 2. The van der Waals surface area contributed by atoms with Crippen molar-refractivity contribution in [2.24, 2.45) is 5.73 Å². The van der Waals surface area contributed by atoms with E-state index in [1.54, 1.807) is 24.3 Å². The Bertz CT molecular complexity index is 802. The first kappa shape index (κ1) is 18.3. The lowest BCUT2D eigenvalue weighted by atomic mass is 10.2. The number of benzene rings is 2. The monoisotopic (exact) mass is 360 g/mol. The Kier molecular flexibility index (Phi) is 6.02. The lowest BCUT2D eigenvalue weighted by Crippen LogP contribution is -2.28. The van der Waals surface area contributed by atoms with Crippen LogP contribution in [-0.2, 0) is 4.79 Å². The quantitative estimate of drug-likeness (QED) is 0.579. The highest BCUT2D eigenvalue weighted by molar-refractivity contribution is 8.14. The number of rotatable bonds is 6. The van der Waals surface area contributed by atoms with Gasteiger partial charge in [-0.3, -0.25) is 14.4 Å². The number of phenolic OH excluding ortho intramolecular Hbond substituents is 2. The molecule has 0 bridgehead atoms. The zero-order valence-electron chi connectivity index (χ0n) is 13.1. The molecule has 2 rings (SSSR count). The highest BCUT2D eigenvalue weighted by Crippen LogP contribution is 2.29. The van der Waals surface area contributed by atoms with Gasteiger partial charge in [0.1, 0.15) is 11.5 Å². The van der Waals surface area contributed by atoms with Gasteiger partial charge in [0.05, 0.1) is 5.56 Å². The molecular formula is C17H16N2O5S. The number of thioether (sulfide) groups is 1. The van der Waals surface area contributed by atoms with Crippen LogP contribution in [0, 0.1) is 0 Å². The zero-order chi connectivity index (χ0) is 18.4. The fourth-order valence-corrected chi connectivity index (χ4v) is 2.86. The summed E-state index contributed by atoms with van der Waals surface area (Å²) in [7, 11) is 0. The van der Waals surface area contributed by atoms with Gasteiger partial charge in [-0.25, -0.2) is 0 Å². The van der Waals surface area contributed by atoms with Crippen molar-refractivity contribution in [2.75, 3.05) is 6.54 Å². The van der Waals surface area contributed by atoms with E-state index in [0.29, 0.717) is 4.90 Å². The van der Waals surface area contributed by atoms with E-state index in [1.807, 2.05) is 0 Å². The predicted molar refractivity (Wildman–Crippen MR) is 92.5 cm³/mol. The molecule has 7 nitrogen and oxygen atoms in total. The van der Waals surface area contributed by atoms with Crippen molar-refractivity contribution in [1.29, 1.82) is 0 Å². The molecule has 0 spiro atoms. The Morgan fingerprint density at radius 2 is 1.68 bits per heavy atom. The van der Waals surface area contributed by atoms with Crippen molar-refractivity contribution >= 4 is 28.7 Å². The van der Waals surface area contributed by atoms with Crippen molar-refractivity contribution < 1.29 is 24.6 Å². The van der Waals surface area contributed by atoms with Gasteiger partial charge in [-0.2, -0.15) is 0 Å². The molecule has 2 aromatic carbocycles. The molecule has 0 aliphatic heterocycles. The second-order valence-electron chi connectivity index (χ2n) is 5.10. The number of nitrogens with one attached hydrogen (secondary N) is 1. The molecular weight excluding hydrogens is 344 g/mol. The molecule has 8 heteroatoms. The van der Waals surface area contributed by atoms with Gasteiger partial charge >= 0.3 is 0 Å². The third-order valence-corrected chi connectivity index (χ3v) is 4.13. The summed E-state index contributed by atoms with van der Waals surface area (Å²) >= 11 is 0.795. The minimum absolute atomic E-state index is 0.0164. The van der Waals surface area contributed by atoms with Crippen LogP contribution in [0.4, 0.5) is 0 Å². The SMILES string of the molecule is NC(=O)CCNC(=O)c1ccccc1SC(=O)c1cc(O)cc(O)c1. The topological polar surface area (TPSA) is 130 Å². The highest BCUT2D eigenvalue weighted by Gasteiger charge is 2.16. The predicted octanol–water partition coefficient (Wildman–Crippen LogP) is 1.64. The minimum Gasteiger partial charge on any atom is -0.508 e. The number of phenols is 2. The Morgan fingerprint density at radius 1 is 1.04 bits per heavy atom. The van der Waals surface area contributed by atoms with Crippen molar-refractivity contribution in [1.82, 2.24) is 5.32 Å². The summed E-state index contributed by atoms with van der Waals surface area (Å²) in [6.45, 7) is 0.0988. The van der Waals surface area contributed by atoms with Gasteiger partial charge in [-0.05, 0) is 36.0 Å². The van der Waals surface area contributed by atoms with Crippen LogP contribution in [0.25, 0.3) is 0 Å². The fraction of sp³-hybridized carbons (Fsp3) is 0.118. The molecule has 0 radical (unpaired) electrons. The summed E-state index contributed by atoms with van der Waals surface area (Å²) in [5.41, 5.74) is 5.40. The maximum atomic E-state index is 12.3. The molecule has 0 aliphatic rings. The van der Waals surface area contributed by atoms with Crippen molar-refractivity contribution in [3.8, 4) is 11.5 Å². The Balaban J connectivity index is 2.15. The molecule has 0 atom stereocenters. The van der Waals surface area contributed by atoms with E-state index in [-0.39, 0.29) is 35.6 Å². The number of primary amides is 1. The van der Waals surface area contributed by atoms with E-state index >= 15 is 0 Å². The smallest absolute Gasteiger partial charge is 0.252 e. The normalized spacial score (nSPS) is 10.2. The molecule has 0 aromatic heterocycles. The Labute approximate surface area is 147 Å². The van der Waals surface area contributed by atoms with Gasteiger partial charge in [0.2, 0.25) is 11.0 Å². The molecule has 2 aromatic rings. The van der Waals surface area contributed by atoms with Crippen LogP contribution < -0.4 is 11.1 Å². The molecule has 0 unspecified atom stereocenters. The lowest BCUT2D eigenvalue weighted by molar-refractivity contribution is -0.117. The van der Waals surface area contributed by atoms with Crippen LogP contribution in [0.2, 0.25) is 0 Å². The fourth-order valence-electron chi connectivity index (χ4n) is 2.01. The number of nitrogens with two attached hydrogens (primary N) is 1. The van der Waals surface area contributed by atoms with Crippen LogP contribution in [0.1, 0.15) is 27.1 Å². The third-order valence-electron chi connectivity index (χ3n) is 3.13. The van der Waals surface area contributed by atoms with E-state index in [2.05, 4.69) is 5.32 Å². The third kappa shape index (κ3) is 5.25. The van der Waals surface area contributed by atoms with Crippen LogP contribution in [0.15, 0.2) is 47.4 Å². The lowest BCUT2D eigenvalue weighted by Gasteiger charge is -2.09.